The number of hydrazine groups is 1. The van der Waals surface area contributed by atoms with E-state index in [1.54, 1.807) is 0 Å². The Labute approximate surface area is 114 Å². The van der Waals surface area contributed by atoms with E-state index in [9.17, 15) is 0 Å². The lowest BCUT2D eigenvalue weighted by Crippen LogP contribution is -2.30. The summed E-state index contributed by atoms with van der Waals surface area (Å²) in [6.07, 6.45) is 0.830. The Morgan fingerprint density at radius 2 is 1.95 bits per heavy atom. The molecule has 0 spiro atoms. The normalized spacial score (nSPS) is 12.7. The van der Waals surface area contributed by atoms with Gasteiger partial charge in [-0.25, -0.2) is 0 Å². The molecule has 102 valence electrons. The van der Waals surface area contributed by atoms with Crippen molar-refractivity contribution in [3.8, 4) is 0 Å². The molecule has 0 bridgehead atoms. The van der Waals surface area contributed by atoms with Crippen LogP contribution < -0.4 is 11.3 Å². The van der Waals surface area contributed by atoms with Gasteiger partial charge in [-0.3, -0.25) is 16.0 Å². The minimum atomic E-state index is 0.106. The molecular formula is C15H22N4. The SMILES string of the molecule is Cc1cc(CC(NN)c2ccc(C)c(C)c2)n(C)n1. The number of aryl methyl sites for hydroxylation is 4. The highest BCUT2D eigenvalue weighted by Gasteiger charge is 2.14. The van der Waals surface area contributed by atoms with Gasteiger partial charge in [0.2, 0.25) is 0 Å². The predicted octanol–water partition coefficient (Wildman–Crippen LogP) is 2.09. The van der Waals surface area contributed by atoms with Crippen molar-refractivity contribution < 1.29 is 0 Å². The van der Waals surface area contributed by atoms with Crippen LogP contribution in [-0.2, 0) is 13.5 Å². The summed E-state index contributed by atoms with van der Waals surface area (Å²) in [4.78, 5) is 0. The fourth-order valence-corrected chi connectivity index (χ4v) is 2.32. The molecule has 4 heteroatoms. The van der Waals surface area contributed by atoms with Gasteiger partial charge in [-0.2, -0.15) is 5.10 Å². The highest BCUT2D eigenvalue weighted by Crippen LogP contribution is 2.20. The van der Waals surface area contributed by atoms with Gasteiger partial charge in [-0.15, -0.1) is 0 Å². The largest absolute Gasteiger partial charge is 0.272 e. The fourth-order valence-electron chi connectivity index (χ4n) is 2.32. The third kappa shape index (κ3) is 3.03. The zero-order valence-corrected chi connectivity index (χ0v) is 12.1. The Bertz CT molecular complexity index is 572. The fraction of sp³-hybridized carbons (Fsp3) is 0.400. The lowest BCUT2D eigenvalue weighted by Gasteiger charge is -2.17. The highest BCUT2D eigenvalue weighted by atomic mass is 15.3. The number of nitrogens with one attached hydrogen (secondary N) is 1. The van der Waals surface area contributed by atoms with Crippen LogP contribution >= 0.6 is 0 Å². The van der Waals surface area contributed by atoms with Gasteiger partial charge >= 0.3 is 0 Å². The van der Waals surface area contributed by atoms with Crippen molar-refractivity contribution >= 4 is 0 Å². The van der Waals surface area contributed by atoms with Crippen LogP contribution in [0.15, 0.2) is 24.3 Å². The van der Waals surface area contributed by atoms with Crippen LogP contribution in [0, 0.1) is 20.8 Å². The van der Waals surface area contributed by atoms with Gasteiger partial charge in [0.1, 0.15) is 0 Å². The molecule has 2 aromatic rings. The number of rotatable bonds is 4. The molecule has 19 heavy (non-hydrogen) atoms. The summed E-state index contributed by atoms with van der Waals surface area (Å²) in [6.45, 7) is 6.25. The van der Waals surface area contributed by atoms with E-state index < -0.39 is 0 Å². The summed E-state index contributed by atoms with van der Waals surface area (Å²) in [6, 6.07) is 8.68. The summed E-state index contributed by atoms with van der Waals surface area (Å²) >= 11 is 0. The van der Waals surface area contributed by atoms with E-state index in [0.29, 0.717) is 0 Å². The molecule has 0 saturated heterocycles. The number of hydrogen-bond donors (Lipinski definition) is 2. The van der Waals surface area contributed by atoms with Crippen molar-refractivity contribution in [1.82, 2.24) is 15.2 Å². The van der Waals surface area contributed by atoms with Crippen LogP contribution in [-0.4, -0.2) is 9.78 Å². The minimum absolute atomic E-state index is 0.106. The zero-order valence-electron chi connectivity index (χ0n) is 12.1. The number of nitrogens with zero attached hydrogens (tertiary/aromatic N) is 2. The molecule has 2 rings (SSSR count). The van der Waals surface area contributed by atoms with Crippen molar-refractivity contribution in [3.05, 3.63) is 52.3 Å². The second-order valence-electron chi connectivity index (χ2n) is 5.17. The first-order valence-electron chi connectivity index (χ1n) is 6.54. The number of nitrogens with two attached hydrogens (primary N) is 1. The predicted molar refractivity (Wildman–Crippen MR) is 77.6 cm³/mol. The summed E-state index contributed by atoms with van der Waals surface area (Å²) in [7, 11) is 1.97. The topological polar surface area (TPSA) is 55.9 Å². The summed E-state index contributed by atoms with van der Waals surface area (Å²) < 4.78 is 1.92. The molecule has 1 atom stereocenters. The molecule has 1 aromatic carbocycles. The standard InChI is InChI=1S/C15H22N4/c1-10-5-6-13(7-11(10)2)15(17-16)9-14-8-12(3)18-19(14)4/h5-8,15,17H,9,16H2,1-4H3. The zero-order chi connectivity index (χ0) is 14.0. The van der Waals surface area contributed by atoms with Gasteiger partial charge in [0, 0.05) is 19.2 Å². The third-order valence-corrected chi connectivity index (χ3v) is 3.65. The second-order valence-corrected chi connectivity index (χ2v) is 5.17. The minimum Gasteiger partial charge on any atom is -0.272 e. The smallest absolute Gasteiger partial charge is 0.0596 e. The van der Waals surface area contributed by atoms with E-state index in [1.165, 1.54) is 22.4 Å². The van der Waals surface area contributed by atoms with Crippen molar-refractivity contribution in [3.63, 3.8) is 0 Å². The molecule has 0 saturated carbocycles. The summed E-state index contributed by atoms with van der Waals surface area (Å²) in [5, 5.41) is 4.37. The van der Waals surface area contributed by atoms with E-state index in [4.69, 9.17) is 5.84 Å². The maximum absolute atomic E-state index is 5.72. The van der Waals surface area contributed by atoms with E-state index in [2.05, 4.69) is 48.6 Å². The molecule has 0 amide bonds. The first kappa shape index (κ1) is 13.8. The van der Waals surface area contributed by atoms with E-state index >= 15 is 0 Å². The Hall–Kier alpha value is -1.65. The molecule has 0 aliphatic carbocycles. The summed E-state index contributed by atoms with van der Waals surface area (Å²) in [5.74, 6) is 5.72. The lowest BCUT2D eigenvalue weighted by atomic mass is 9.98. The van der Waals surface area contributed by atoms with E-state index in [-0.39, 0.29) is 6.04 Å². The highest BCUT2D eigenvalue weighted by molar-refractivity contribution is 5.32. The van der Waals surface area contributed by atoms with Crippen LogP contribution in [0.1, 0.15) is 34.1 Å². The average molecular weight is 258 g/mol. The Balaban J connectivity index is 2.24. The molecule has 3 N–H and O–H groups in total. The van der Waals surface area contributed by atoms with Crippen LogP contribution in [0.2, 0.25) is 0 Å². The van der Waals surface area contributed by atoms with Gasteiger partial charge in [-0.05, 0) is 43.5 Å². The van der Waals surface area contributed by atoms with Crippen molar-refractivity contribution in [2.75, 3.05) is 0 Å². The quantitative estimate of drug-likeness (QED) is 0.652. The van der Waals surface area contributed by atoms with Gasteiger partial charge in [0.15, 0.2) is 0 Å². The molecule has 1 unspecified atom stereocenters. The number of hydrogen-bond acceptors (Lipinski definition) is 3. The summed E-state index contributed by atoms with van der Waals surface area (Å²) in [5.41, 5.74) is 8.93. The second kappa shape index (κ2) is 5.55. The van der Waals surface area contributed by atoms with Crippen LogP contribution in [0.3, 0.4) is 0 Å². The average Bonchev–Trinajstić information content (AvgIpc) is 2.68. The third-order valence-electron chi connectivity index (χ3n) is 3.65. The van der Waals surface area contributed by atoms with E-state index in [0.717, 1.165) is 12.1 Å². The number of aromatic nitrogens is 2. The Kier molecular flexibility index (Phi) is 4.02. The van der Waals surface area contributed by atoms with Crippen LogP contribution in [0.5, 0.6) is 0 Å². The van der Waals surface area contributed by atoms with Crippen LogP contribution in [0.25, 0.3) is 0 Å². The molecule has 0 aliphatic rings. The van der Waals surface area contributed by atoms with Gasteiger partial charge in [0.25, 0.3) is 0 Å². The molecule has 0 fully saturated rings. The van der Waals surface area contributed by atoms with Crippen molar-refractivity contribution in [1.29, 1.82) is 0 Å². The monoisotopic (exact) mass is 258 g/mol. The van der Waals surface area contributed by atoms with Gasteiger partial charge in [0.05, 0.1) is 11.7 Å². The van der Waals surface area contributed by atoms with E-state index in [1.807, 2.05) is 18.7 Å². The first-order valence-corrected chi connectivity index (χ1v) is 6.54. The molecular weight excluding hydrogens is 236 g/mol. The molecule has 0 aliphatic heterocycles. The Morgan fingerprint density at radius 1 is 1.21 bits per heavy atom. The maximum atomic E-state index is 5.72. The van der Waals surface area contributed by atoms with Crippen molar-refractivity contribution in [2.45, 2.75) is 33.2 Å². The van der Waals surface area contributed by atoms with Gasteiger partial charge < -0.3 is 0 Å². The Morgan fingerprint density at radius 3 is 2.47 bits per heavy atom. The first-order chi connectivity index (χ1) is 9.01. The lowest BCUT2D eigenvalue weighted by molar-refractivity contribution is 0.529. The van der Waals surface area contributed by atoms with Crippen molar-refractivity contribution in [2.24, 2.45) is 12.9 Å². The maximum Gasteiger partial charge on any atom is 0.0596 e. The molecule has 1 aromatic heterocycles. The van der Waals surface area contributed by atoms with Crippen LogP contribution in [0.4, 0.5) is 0 Å². The number of benzene rings is 1. The molecule has 4 nitrogen and oxygen atoms in total. The molecule has 1 heterocycles. The van der Waals surface area contributed by atoms with Gasteiger partial charge in [-0.1, -0.05) is 18.2 Å². The molecule has 0 radical (unpaired) electrons.